The van der Waals surface area contributed by atoms with Crippen molar-refractivity contribution in [2.45, 2.75) is 17.9 Å². The molecule has 0 spiro atoms. The lowest BCUT2D eigenvalue weighted by Crippen LogP contribution is -2.23. The molecule has 0 fully saturated rings. The lowest BCUT2D eigenvalue weighted by Gasteiger charge is -2.07. The molecule has 0 aliphatic carbocycles. The van der Waals surface area contributed by atoms with Crippen molar-refractivity contribution in [2.24, 2.45) is 5.73 Å². The van der Waals surface area contributed by atoms with Crippen molar-refractivity contribution >= 4 is 23.6 Å². The molecule has 0 aromatic heterocycles. The van der Waals surface area contributed by atoms with Crippen LogP contribution in [0.3, 0.4) is 0 Å². The van der Waals surface area contributed by atoms with Gasteiger partial charge < -0.3 is 15.8 Å². The van der Waals surface area contributed by atoms with Gasteiger partial charge in [-0.25, -0.2) is 0 Å². The summed E-state index contributed by atoms with van der Waals surface area (Å²) in [5.41, 5.74) is 6.53. The summed E-state index contributed by atoms with van der Waals surface area (Å²) in [5.74, 6) is 1.01. The third kappa shape index (κ3) is 5.62. The van der Waals surface area contributed by atoms with E-state index in [1.165, 1.54) is 0 Å². The van der Waals surface area contributed by atoms with Crippen molar-refractivity contribution in [3.8, 4) is 5.75 Å². The number of amides is 2. The molecule has 0 aliphatic rings. The highest BCUT2D eigenvalue weighted by atomic mass is 32.2. The molecule has 0 radical (unpaired) electrons. The molecular formula is C18H20N2O3S. The van der Waals surface area contributed by atoms with E-state index in [-0.39, 0.29) is 5.91 Å². The van der Waals surface area contributed by atoms with Gasteiger partial charge in [-0.1, -0.05) is 12.1 Å². The number of hydrogen-bond acceptors (Lipinski definition) is 4. The second-order valence-electron chi connectivity index (χ2n) is 5.12. The number of carbonyl (C=O) groups excluding carboxylic acids is 2. The second-order valence-corrected chi connectivity index (χ2v) is 6.28. The van der Waals surface area contributed by atoms with E-state index in [1.54, 1.807) is 37.1 Å². The van der Waals surface area contributed by atoms with Crippen molar-refractivity contribution in [1.82, 2.24) is 5.32 Å². The fourth-order valence-corrected chi connectivity index (χ4v) is 2.91. The monoisotopic (exact) mass is 344 g/mol. The maximum atomic E-state index is 11.9. The van der Waals surface area contributed by atoms with E-state index in [2.05, 4.69) is 5.32 Å². The van der Waals surface area contributed by atoms with Crippen LogP contribution >= 0.6 is 11.8 Å². The molecule has 2 aromatic carbocycles. The summed E-state index contributed by atoms with van der Waals surface area (Å²) in [7, 11) is 1.63. The third-order valence-corrected chi connectivity index (χ3v) is 4.37. The Morgan fingerprint density at radius 2 is 1.92 bits per heavy atom. The van der Waals surface area contributed by atoms with Crippen LogP contribution < -0.4 is 15.8 Å². The number of ether oxygens (including phenoxy) is 1. The zero-order chi connectivity index (χ0) is 17.4. The summed E-state index contributed by atoms with van der Waals surface area (Å²) in [6, 6.07) is 14.7. The van der Waals surface area contributed by atoms with Gasteiger partial charge in [-0.3, -0.25) is 9.59 Å². The molecule has 2 aromatic rings. The maximum absolute atomic E-state index is 11.9. The molecule has 0 saturated heterocycles. The largest absolute Gasteiger partial charge is 0.497 e. The van der Waals surface area contributed by atoms with Gasteiger partial charge in [-0.2, -0.15) is 0 Å². The summed E-state index contributed by atoms with van der Waals surface area (Å²) < 4.78 is 5.11. The highest BCUT2D eigenvalue weighted by Crippen LogP contribution is 2.21. The summed E-state index contributed by atoms with van der Waals surface area (Å²) in [4.78, 5) is 24.1. The Labute approximate surface area is 145 Å². The number of thioether (sulfide) groups is 1. The molecule has 0 aliphatic heterocycles. The van der Waals surface area contributed by atoms with Gasteiger partial charge >= 0.3 is 0 Å². The average molecular weight is 344 g/mol. The van der Waals surface area contributed by atoms with Gasteiger partial charge in [0.1, 0.15) is 5.75 Å². The van der Waals surface area contributed by atoms with E-state index < -0.39 is 5.91 Å². The van der Waals surface area contributed by atoms with E-state index in [1.807, 2.05) is 30.3 Å². The molecule has 0 heterocycles. The van der Waals surface area contributed by atoms with Gasteiger partial charge in [-0.05, 0) is 42.0 Å². The van der Waals surface area contributed by atoms with Crippen LogP contribution in [0.4, 0.5) is 0 Å². The Kier molecular flexibility index (Phi) is 6.69. The van der Waals surface area contributed by atoms with Crippen LogP contribution in [0.1, 0.15) is 22.3 Å². The van der Waals surface area contributed by atoms with Crippen LogP contribution in [0.25, 0.3) is 0 Å². The predicted octanol–water partition coefficient (Wildman–Crippen LogP) is 2.59. The zero-order valence-electron chi connectivity index (χ0n) is 13.5. The first-order valence-electron chi connectivity index (χ1n) is 7.51. The molecule has 0 unspecified atom stereocenters. The first-order valence-corrected chi connectivity index (χ1v) is 8.49. The Balaban J connectivity index is 1.73. The number of hydrogen-bond donors (Lipinski definition) is 2. The molecule has 0 atom stereocenters. The van der Waals surface area contributed by atoms with Gasteiger partial charge in [0.05, 0.1) is 7.11 Å². The smallest absolute Gasteiger partial charge is 0.248 e. The molecule has 2 amide bonds. The zero-order valence-corrected chi connectivity index (χ0v) is 14.3. The number of nitrogens with two attached hydrogens (primary N) is 1. The minimum atomic E-state index is -0.473. The molecule has 6 heteroatoms. The summed E-state index contributed by atoms with van der Waals surface area (Å²) in [6.07, 6.45) is 0.423. The minimum absolute atomic E-state index is 0.0273. The topological polar surface area (TPSA) is 81.4 Å². The van der Waals surface area contributed by atoms with E-state index in [4.69, 9.17) is 10.5 Å². The van der Waals surface area contributed by atoms with E-state index in [0.29, 0.717) is 24.3 Å². The van der Waals surface area contributed by atoms with Crippen LogP contribution in [0.15, 0.2) is 53.4 Å². The van der Waals surface area contributed by atoms with Crippen LogP contribution in [0.5, 0.6) is 5.75 Å². The molecule has 0 saturated carbocycles. The molecule has 24 heavy (non-hydrogen) atoms. The Bertz CT molecular complexity index is 702. The van der Waals surface area contributed by atoms with Crippen molar-refractivity contribution in [2.75, 3.05) is 12.9 Å². The number of primary amides is 1. The van der Waals surface area contributed by atoms with Gasteiger partial charge in [0.2, 0.25) is 11.8 Å². The lowest BCUT2D eigenvalue weighted by molar-refractivity contribution is -0.120. The number of carbonyl (C=O) groups is 2. The number of rotatable bonds is 8. The Morgan fingerprint density at radius 1 is 1.17 bits per heavy atom. The van der Waals surface area contributed by atoms with Crippen LogP contribution in [0.2, 0.25) is 0 Å². The normalized spacial score (nSPS) is 10.2. The predicted molar refractivity (Wildman–Crippen MR) is 95.1 cm³/mol. The standard InChI is InChI=1S/C18H20N2O3S/c1-23-15-5-7-16(8-6-15)24-10-9-17(21)20-12-13-3-2-4-14(11-13)18(19)22/h2-8,11H,9-10,12H2,1H3,(H2,19,22)(H,20,21). The number of benzene rings is 2. The van der Waals surface area contributed by atoms with Crippen molar-refractivity contribution in [3.05, 3.63) is 59.7 Å². The first kappa shape index (κ1) is 17.9. The highest BCUT2D eigenvalue weighted by Gasteiger charge is 2.05. The van der Waals surface area contributed by atoms with E-state index in [0.717, 1.165) is 16.2 Å². The maximum Gasteiger partial charge on any atom is 0.248 e. The minimum Gasteiger partial charge on any atom is -0.497 e. The Hall–Kier alpha value is -2.47. The number of methoxy groups -OCH3 is 1. The van der Waals surface area contributed by atoms with Crippen molar-refractivity contribution in [3.63, 3.8) is 0 Å². The fourth-order valence-electron chi connectivity index (χ4n) is 2.06. The third-order valence-electron chi connectivity index (χ3n) is 3.36. The van der Waals surface area contributed by atoms with Crippen molar-refractivity contribution < 1.29 is 14.3 Å². The molecule has 5 nitrogen and oxygen atoms in total. The van der Waals surface area contributed by atoms with Crippen molar-refractivity contribution in [1.29, 1.82) is 0 Å². The SMILES string of the molecule is COc1ccc(SCCC(=O)NCc2cccc(C(N)=O)c2)cc1. The van der Waals surface area contributed by atoms with E-state index in [9.17, 15) is 9.59 Å². The Morgan fingerprint density at radius 3 is 2.58 bits per heavy atom. The lowest BCUT2D eigenvalue weighted by atomic mass is 10.1. The second kappa shape index (κ2) is 8.98. The summed E-state index contributed by atoms with van der Waals surface area (Å²) >= 11 is 1.62. The fraction of sp³-hybridized carbons (Fsp3) is 0.222. The summed E-state index contributed by atoms with van der Waals surface area (Å²) in [5, 5.41) is 2.85. The molecule has 2 rings (SSSR count). The van der Waals surface area contributed by atoms with Gasteiger partial charge in [0, 0.05) is 29.2 Å². The summed E-state index contributed by atoms with van der Waals surface area (Å²) in [6.45, 7) is 0.382. The van der Waals surface area contributed by atoms with Gasteiger partial charge in [-0.15, -0.1) is 11.8 Å². The molecule has 126 valence electrons. The average Bonchev–Trinajstić information content (AvgIpc) is 2.61. The van der Waals surface area contributed by atoms with Gasteiger partial charge in [0.25, 0.3) is 0 Å². The quantitative estimate of drug-likeness (QED) is 0.721. The van der Waals surface area contributed by atoms with Gasteiger partial charge in [0.15, 0.2) is 0 Å². The van der Waals surface area contributed by atoms with Crippen LogP contribution in [-0.4, -0.2) is 24.7 Å². The number of nitrogens with one attached hydrogen (secondary N) is 1. The highest BCUT2D eigenvalue weighted by molar-refractivity contribution is 7.99. The van der Waals surface area contributed by atoms with E-state index >= 15 is 0 Å². The van der Waals surface area contributed by atoms with Crippen LogP contribution in [-0.2, 0) is 11.3 Å². The molecule has 0 bridgehead atoms. The molecular weight excluding hydrogens is 324 g/mol. The molecule has 3 N–H and O–H groups in total. The van der Waals surface area contributed by atoms with Crippen LogP contribution in [0, 0.1) is 0 Å². The first-order chi connectivity index (χ1) is 11.6.